The third-order valence-corrected chi connectivity index (χ3v) is 5.30. The third kappa shape index (κ3) is 4.12. The summed E-state index contributed by atoms with van der Waals surface area (Å²) in [6.45, 7) is 9.46. The number of hydrogen-bond donors (Lipinski definition) is 0. The van der Waals surface area contributed by atoms with E-state index in [2.05, 4.69) is 27.8 Å². The Balaban J connectivity index is 1.24. The van der Waals surface area contributed by atoms with Gasteiger partial charge in [0.05, 0.1) is 32.1 Å². The van der Waals surface area contributed by atoms with E-state index in [1.54, 1.807) is 0 Å². The number of nitrogens with zero attached hydrogens (tertiary/aromatic N) is 4. The Kier molecular flexibility index (Phi) is 5.48. The largest absolute Gasteiger partial charge is 0.379 e. The zero-order chi connectivity index (χ0) is 17.1. The highest BCUT2D eigenvalue weighted by atomic mass is 16.7. The van der Waals surface area contributed by atoms with Gasteiger partial charge in [0, 0.05) is 45.3 Å². The van der Waals surface area contributed by atoms with Crippen LogP contribution in [0.3, 0.4) is 0 Å². The number of hydrogen-bond acceptors (Lipinski definition) is 7. The fraction of sp³-hybridized carbons (Fsp3) is 0.722. The first-order valence-electron chi connectivity index (χ1n) is 9.25. The average Bonchev–Trinajstić information content (AvgIpc) is 3.15. The highest BCUT2D eigenvalue weighted by molar-refractivity contribution is 5.43. The van der Waals surface area contributed by atoms with Crippen molar-refractivity contribution in [3.63, 3.8) is 0 Å². The molecule has 1 aromatic rings. The van der Waals surface area contributed by atoms with Crippen molar-refractivity contribution in [3.8, 4) is 0 Å². The van der Waals surface area contributed by atoms with Crippen LogP contribution in [0, 0.1) is 0 Å². The van der Waals surface area contributed by atoms with Crippen LogP contribution in [0.25, 0.3) is 0 Å². The van der Waals surface area contributed by atoms with Crippen LogP contribution in [-0.2, 0) is 14.2 Å². The third-order valence-electron chi connectivity index (χ3n) is 5.30. The number of pyridine rings is 1. The second kappa shape index (κ2) is 7.97. The molecule has 3 saturated heterocycles. The van der Waals surface area contributed by atoms with Crippen molar-refractivity contribution in [3.05, 3.63) is 23.9 Å². The van der Waals surface area contributed by atoms with Gasteiger partial charge in [0.2, 0.25) is 6.29 Å². The fourth-order valence-corrected chi connectivity index (χ4v) is 3.50. The Morgan fingerprint density at radius 2 is 1.88 bits per heavy atom. The molecule has 0 bridgehead atoms. The van der Waals surface area contributed by atoms with E-state index in [1.807, 2.05) is 12.1 Å². The summed E-state index contributed by atoms with van der Waals surface area (Å²) in [6, 6.07) is 6.69. The summed E-state index contributed by atoms with van der Waals surface area (Å²) >= 11 is 0. The molecule has 3 aliphatic heterocycles. The normalized spacial score (nSPS) is 23.4. The van der Waals surface area contributed by atoms with Crippen molar-refractivity contribution in [2.24, 2.45) is 0 Å². The number of anilines is 1. The van der Waals surface area contributed by atoms with Gasteiger partial charge in [-0.2, -0.15) is 0 Å². The molecular formula is C18H28N4O3. The topological polar surface area (TPSA) is 50.3 Å². The molecule has 1 aromatic heterocycles. The molecule has 7 nitrogen and oxygen atoms in total. The van der Waals surface area contributed by atoms with Crippen molar-refractivity contribution in [1.29, 1.82) is 0 Å². The molecule has 0 saturated carbocycles. The zero-order valence-electron chi connectivity index (χ0n) is 15.0. The molecule has 0 aromatic carbocycles. The van der Waals surface area contributed by atoms with Crippen LogP contribution >= 0.6 is 0 Å². The quantitative estimate of drug-likeness (QED) is 0.745. The average molecular weight is 348 g/mol. The van der Waals surface area contributed by atoms with Crippen LogP contribution in [0.5, 0.6) is 0 Å². The Morgan fingerprint density at radius 1 is 1.12 bits per heavy atom. The summed E-state index contributed by atoms with van der Waals surface area (Å²) in [5, 5.41) is 0. The van der Waals surface area contributed by atoms with E-state index in [1.165, 1.54) is 0 Å². The predicted molar refractivity (Wildman–Crippen MR) is 94.8 cm³/mol. The molecule has 3 fully saturated rings. The molecule has 0 amide bonds. The van der Waals surface area contributed by atoms with Gasteiger partial charge in [-0.3, -0.25) is 9.80 Å². The van der Waals surface area contributed by atoms with Gasteiger partial charge in [0.15, 0.2) is 0 Å². The first kappa shape index (κ1) is 17.2. The second-order valence-electron chi connectivity index (χ2n) is 6.99. The molecule has 7 heteroatoms. The van der Waals surface area contributed by atoms with Crippen molar-refractivity contribution in [2.45, 2.75) is 12.3 Å². The molecule has 3 aliphatic rings. The molecular weight excluding hydrogens is 320 g/mol. The minimum atomic E-state index is -0.298. The molecule has 0 aliphatic carbocycles. The molecule has 0 radical (unpaired) electrons. The lowest BCUT2D eigenvalue weighted by molar-refractivity contribution is -0.0472. The molecule has 0 unspecified atom stereocenters. The SMILES string of the molecule is CN(CCN1CCOCC1)C1CN(c2cccc(C3OCCO3)n2)C1. The van der Waals surface area contributed by atoms with Gasteiger partial charge < -0.3 is 19.1 Å². The van der Waals surface area contributed by atoms with Crippen molar-refractivity contribution >= 4 is 5.82 Å². The van der Waals surface area contributed by atoms with Crippen LogP contribution in [-0.4, -0.2) is 93.6 Å². The Morgan fingerprint density at radius 3 is 2.64 bits per heavy atom. The lowest BCUT2D eigenvalue weighted by Crippen LogP contribution is -2.59. The smallest absolute Gasteiger partial charge is 0.201 e. The second-order valence-corrected chi connectivity index (χ2v) is 6.99. The highest BCUT2D eigenvalue weighted by Gasteiger charge is 2.31. The van der Waals surface area contributed by atoms with E-state index in [0.29, 0.717) is 19.3 Å². The number of rotatable bonds is 6. The lowest BCUT2D eigenvalue weighted by Gasteiger charge is -2.45. The van der Waals surface area contributed by atoms with E-state index in [9.17, 15) is 0 Å². The number of likely N-dealkylation sites (N-methyl/N-ethyl adjacent to an activating group) is 1. The van der Waals surface area contributed by atoms with Crippen LogP contribution in [0.15, 0.2) is 18.2 Å². The van der Waals surface area contributed by atoms with E-state index < -0.39 is 0 Å². The Bertz CT molecular complexity index is 555. The summed E-state index contributed by atoms with van der Waals surface area (Å²) in [5.74, 6) is 1.02. The van der Waals surface area contributed by atoms with Gasteiger partial charge in [0.1, 0.15) is 5.82 Å². The van der Waals surface area contributed by atoms with Gasteiger partial charge in [-0.15, -0.1) is 0 Å². The number of morpholine rings is 1. The molecule has 4 heterocycles. The molecule has 0 spiro atoms. The van der Waals surface area contributed by atoms with E-state index >= 15 is 0 Å². The maximum absolute atomic E-state index is 5.55. The predicted octanol–water partition coefficient (Wildman–Crippen LogP) is 0.580. The van der Waals surface area contributed by atoms with Gasteiger partial charge >= 0.3 is 0 Å². The molecule has 0 atom stereocenters. The zero-order valence-corrected chi connectivity index (χ0v) is 15.0. The maximum Gasteiger partial charge on any atom is 0.201 e. The van der Waals surface area contributed by atoms with Crippen molar-refractivity contribution < 1.29 is 14.2 Å². The van der Waals surface area contributed by atoms with Gasteiger partial charge in [-0.1, -0.05) is 6.07 Å². The number of ether oxygens (including phenoxy) is 3. The van der Waals surface area contributed by atoms with Crippen LogP contribution in [0.1, 0.15) is 12.0 Å². The van der Waals surface area contributed by atoms with Gasteiger partial charge in [0.25, 0.3) is 0 Å². The minimum Gasteiger partial charge on any atom is -0.379 e. The van der Waals surface area contributed by atoms with E-state index in [-0.39, 0.29) is 6.29 Å². The molecule has 0 N–H and O–H groups in total. The Labute approximate surface area is 149 Å². The standard InChI is InChI=1S/C18H28N4O3/c1-20(5-6-21-7-9-23-10-8-21)15-13-22(14-15)17-4-2-3-16(19-17)18-24-11-12-25-18/h2-4,15,18H,5-14H2,1H3. The minimum absolute atomic E-state index is 0.298. The van der Waals surface area contributed by atoms with Crippen LogP contribution < -0.4 is 4.90 Å². The van der Waals surface area contributed by atoms with Crippen molar-refractivity contribution in [1.82, 2.24) is 14.8 Å². The van der Waals surface area contributed by atoms with Crippen LogP contribution in [0.4, 0.5) is 5.82 Å². The highest BCUT2D eigenvalue weighted by Crippen LogP contribution is 2.26. The first-order valence-corrected chi connectivity index (χ1v) is 9.25. The summed E-state index contributed by atoms with van der Waals surface area (Å²) in [4.78, 5) is 12.0. The van der Waals surface area contributed by atoms with Gasteiger partial charge in [-0.05, 0) is 19.2 Å². The first-order chi connectivity index (χ1) is 12.3. The summed E-state index contributed by atoms with van der Waals surface area (Å²) < 4.78 is 16.5. The maximum atomic E-state index is 5.55. The monoisotopic (exact) mass is 348 g/mol. The fourth-order valence-electron chi connectivity index (χ4n) is 3.50. The van der Waals surface area contributed by atoms with E-state index in [4.69, 9.17) is 19.2 Å². The van der Waals surface area contributed by atoms with Crippen LogP contribution in [0.2, 0.25) is 0 Å². The summed E-state index contributed by atoms with van der Waals surface area (Å²) in [6.07, 6.45) is -0.298. The molecule has 138 valence electrons. The molecule has 4 rings (SSSR count). The summed E-state index contributed by atoms with van der Waals surface area (Å²) in [5.41, 5.74) is 0.874. The summed E-state index contributed by atoms with van der Waals surface area (Å²) in [7, 11) is 2.23. The molecule has 25 heavy (non-hydrogen) atoms. The van der Waals surface area contributed by atoms with E-state index in [0.717, 1.165) is 64.0 Å². The number of aromatic nitrogens is 1. The Hall–Kier alpha value is -1.25. The van der Waals surface area contributed by atoms with Gasteiger partial charge in [-0.25, -0.2) is 4.98 Å². The van der Waals surface area contributed by atoms with Crippen molar-refractivity contribution in [2.75, 3.05) is 77.6 Å². The lowest BCUT2D eigenvalue weighted by atomic mass is 10.1.